The normalized spacial score (nSPS) is 11.6. The highest BCUT2D eigenvalue weighted by Gasteiger charge is 2.17. The quantitative estimate of drug-likeness (QED) is 0.773. The summed E-state index contributed by atoms with van der Waals surface area (Å²) < 4.78 is 5.23. The molecule has 134 valence electrons. The summed E-state index contributed by atoms with van der Waals surface area (Å²) in [6.45, 7) is 2.90. The fourth-order valence-electron chi connectivity index (χ4n) is 2.50. The number of pyridine rings is 1. The van der Waals surface area contributed by atoms with Gasteiger partial charge in [-0.3, -0.25) is 4.98 Å². The Kier molecular flexibility index (Phi) is 7.22. The van der Waals surface area contributed by atoms with Crippen molar-refractivity contribution in [3.63, 3.8) is 0 Å². The van der Waals surface area contributed by atoms with Crippen molar-refractivity contribution in [3.05, 3.63) is 59.9 Å². The number of rotatable bonds is 8. The summed E-state index contributed by atoms with van der Waals surface area (Å²) in [5, 5.41) is 12.1. The number of hydrogen-bond donors (Lipinski definition) is 2. The largest absolute Gasteiger partial charge is 0.497 e. The Bertz CT molecular complexity index is 664. The van der Waals surface area contributed by atoms with Crippen molar-refractivity contribution in [2.24, 2.45) is 0 Å². The summed E-state index contributed by atoms with van der Waals surface area (Å²) in [5.74, 6) is 0.756. The highest BCUT2D eigenvalue weighted by Crippen LogP contribution is 2.19. The van der Waals surface area contributed by atoms with Crippen LogP contribution in [0.3, 0.4) is 0 Å². The Morgan fingerprint density at radius 1 is 1.36 bits per heavy atom. The summed E-state index contributed by atoms with van der Waals surface area (Å²) in [6, 6.07) is 11.1. The third-order valence-corrected chi connectivity index (χ3v) is 3.90. The molecule has 6 nitrogen and oxygen atoms in total. The number of aliphatic hydroxyl groups excluding tert-OH is 1. The number of nitrogens with one attached hydrogen (secondary N) is 1. The number of methoxy groups -OCH3 is 1. The lowest BCUT2D eigenvalue weighted by Crippen LogP contribution is -2.41. The Hall–Kier alpha value is -2.60. The molecule has 0 aliphatic carbocycles. The van der Waals surface area contributed by atoms with Crippen molar-refractivity contribution in [2.75, 3.05) is 20.3 Å². The zero-order valence-electron chi connectivity index (χ0n) is 14.7. The van der Waals surface area contributed by atoms with Gasteiger partial charge >= 0.3 is 6.03 Å². The highest BCUT2D eigenvalue weighted by atomic mass is 16.5. The number of ether oxygens (including phenoxy) is 1. The van der Waals surface area contributed by atoms with E-state index >= 15 is 0 Å². The van der Waals surface area contributed by atoms with E-state index in [0.717, 1.165) is 16.9 Å². The first kappa shape index (κ1) is 18.7. The average molecular weight is 343 g/mol. The van der Waals surface area contributed by atoms with E-state index in [1.165, 1.54) is 0 Å². The third-order valence-electron chi connectivity index (χ3n) is 3.90. The zero-order chi connectivity index (χ0) is 18.1. The Morgan fingerprint density at radius 3 is 2.88 bits per heavy atom. The van der Waals surface area contributed by atoms with Gasteiger partial charge in [0.1, 0.15) is 5.75 Å². The number of nitrogens with zero attached hydrogens (tertiary/aromatic N) is 2. The number of aromatic nitrogens is 1. The van der Waals surface area contributed by atoms with E-state index in [2.05, 4.69) is 10.3 Å². The number of aliphatic hydroxyl groups is 1. The van der Waals surface area contributed by atoms with Gasteiger partial charge < -0.3 is 20.1 Å². The molecule has 0 saturated heterocycles. The Labute approximate surface area is 148 Å². The van der Waals surface area contributed by atoms with Crippen LogP contribution in [-0.2, 0) is 6.54 Å². The minimum Gasteiger partial charge on any atom is -0.497 e. The number of carbonyl (C=O) groups excluding carboxylic acids is 1. The fourth-order valence-corrected chi connectivity index (χ4v) is 2.50. The average Bonchev–Trinajstić information content (AvgIpc) is 2.65. The molecule has 0 radical (unpaired) electrons. The van der Waals surface area contributed by atoms with Gasteiger partial charge in [0, 0.05) is 32.1 Å². The molecule has 0 unspecified atom stereocenters. The van der Waals surface area contributed by atoms with E-state index in [1.54, 1.807) is 24.4 Å². The predicted octanol–water partition coefficient (Wildman–Crippen LogP) is 2.75. The maximum Gasteiger partial charge on any atom is 0.318 e. The summed E-state index contributed by atoms with van der Waals surface area (Å²) in [4.78, 5) is 18.4. The number of urea groups is 1. The van der Waals surface area contributed by atoms with Crippen LogP contribution in [0, 0.1) is 0 Å². The Morgan fingerprint density at radius 2 is 2.20 bits per heavy atom. The van der Waals surface area contributed by atoms with E-state index in [-0.39, 0.29) is 18.7 Å². The van der Waals surface area contributed by atoms with Crippen LogP contribution < -0.4 is 10.1 Å². The van der Waals surface area contributed by atoms with Crippen LogP contribution in [0.4, 0.5) is 4.79 Å². The molecule has 0 aliphatic rings. The minimum absolute atomic E-state index is 0.0439. The third kappa shape index (κ3) is 5.76. The van der Waals surface area contributed by atoms with Gasteiger partial charge in [-0.2, -0.15) is 0 Å². The second-order valence-electron chi connectivity index (χ2n) is 5.81. The molecule has 0 fully saturated rings. The molecule has 1 aromatic heterocycles. The summed E-state index contributed by atoms with van der Waals surface area (Å²) in [5.41, 5.74) is 1.92. The first-order valence-corrected chi connectivity index (χ1v) is 8.33. The van der Waals surface area contributed by atoms with Crippen LogP contribution >= 0.6 is 0 Å². The lowest BCUT2D eigenvalue weighted by molar-refractivity contribution is 0.183. The Balaban J connectivity index is 2.04. The molecular formula is C19H25N3O3. The van der Waals surface area contributed by atoms with Crippen LogP contribution in [0.15, 0.2) is 48.8 Å². The van der Waals surface area contributed by atoms with Crippen molar-refractivity contribution < 1.29 is 14.6 Å². The van der Waals surface area contributed by atoms with E-state index in [1.807, 2.05) is 43.3 Å². The summed E-state index contributed by atoms with van der Waals surface area (Å²) >= 11 is 0. The van der Waals surface area contributed by atoms with E-state index in [9.17, 15) is 4.79 Å². The van der Waals surface area contributed by atoms with E-state index < -0.39 is 0 Å². The van der Waals surface area contributed by atoms with Gasteiger partial charge in [0.2, 0.25) is 0 Å². The van der Waals surface area contributed by atoms with Gasteiger partial charge in [-0.1, -0.05) is 18.2 Å². The van der Waals surface area contributed by atoms with Crippen LogP contribution in [0.25, 0.3) is 0 Å². The van der Waals surface area contributed by atoms with Crippen molar-refractivity contribution in [1.29, 1.82) is 0 Å². The van der Waals surface area contributed by atoms with Gasteiger partial charge in [-0.25, -0.2) is 4.79 Å². The molecule has 0 aliphatic heterocycles. The standard InChI is InChI=1S/C19H25N3O3/c1-15(17-7-3-8-18(12-17)25-2)21-19(24)22(10-5-11-23)14-16-6-4-9-20-13-16/h3-4,6-9,12-13,15,23H,5,10-11,14H2,1-2H3,(H,21,24)/t15-/m1/s1. The van der Waals surface area contributed by atoms with Crippen molar-refractivity contribution in [1.82, 2.24) is 15.2 Å². The van der Waals surface area contributed by atoms with Gasteiger partial charge in [0.25, 0.3) is 0 Å². The van der Waals surface area contributed by atoms with Gasteiger partial charge in [-0.15, -0.1) is 0 Å². The van der Waals surface area contributed by atoms with Crippen molar-refractivity contribution in [3.8, 4) is 5.75 Å². The SMILES string of the molecule is COc1cccc([C@@H](C)NC(=O)N(CCCO)Cc2cccnc2)c1. The van der Waals surface area contributed by atoms with Gasteiger partial charge in [0.05, 0.1) is 13.2 Å². The van der Waals surface area contributed by atoms with Crippen LogP contribution in [0.1, 0.15) is 30.5 Å². The number of carbonyl (C=O) groups is 1. The second kappa shape index (κ2) is 9.64. The van der Waals surface area contributed by atoms with Crippen molar-refractivity contribution in [2.45, 2.75) is 25.9 Å². The smallest absolute Gasteiger partial charge is 0.318 e. The number of hydrogen-bond acceptors (Lipinski definition) is 4. The van der Waals surface area contributed by atoms with Gasteiger partial charge in [0.15, 0.2) is 0 Å². The topological polar surface area (TPSA) is 74.7 Å². The number of benzene rings is 1. The van der Waals surface area contributed by atoms with Crippen LogP contribution in [0.5, 0.6) is 5.75 Å². The molecule has 0 saturated carbocycles. The molecule has 2 aromatic rings. The lowest BCUT2D eigenvalue weighted by Gasteiger charge is -2.25. The summed E-state index contributed by atoms with van der Waals surface area (Å²) in [6.07, 6.45) is 3.97. The zero-order valence-corrected chi connectivity index (χ0v) is 14.7. The fraction of sp³-hybridized carbons (Fsp3) is 0.368. The van der Waals surface area contributed by atoms with Crippen LogP contribution in [-0.4, -0.2) is 41.3 Å². The molecule has 25 heavy (non-hydrogen) atoms. The predicted molar refractivity (Wildman–Crippen MR) is 96.3 cm³/mol. The minimum atomic E-state index is -0.173. The van der Waals surface area contributed by atoms with Crippen LogP contribution in [0.2, 0.25) is 0 Å². The van der Waals surface area contributed by atoms with Crippen molar-refractivity contribution >= 4 is 6.03 Å². The van der Waals surface area contributed by atoms with Gasteiger partial charge in [-0.05, 0) is 42.7 Å². The molecule has 2 amide bonds. The molecule has 1 heterocycles. The maximum atomic E-state index is 12.7. The molecule has 1 aromatic carbocycles. The number of amides is 2. The molecule has 2 N–H and O–H groups in total. The van der Waals surface area contributed by atoms with E-state index in [0.29, 0.717) is 19.5 Å². The molecule has 0 spiro atoms. The molecule has 1 atom stereocenters. The molecule has 6 heteroatoms. The maximum absolute atomic E-state index is 12.7. The molecular weight excluding hydrogens is 318 g/mol. The first-order valence-electron chi connectivity index (χ1n) is 8.33. The van der Waals surface area contributed by atoms with E-state index in [4.69, 9.17) is 9.84 Å². The molecule has 2 rings (SSSR count). The monoisotopic (exact) mass is 343 g/mol. The highest BCUT2D eigenvalue weighted by molar-refractivity contribution is 5.74. The molecule has 0 bridgehead atoms. The first-order chi connectivity index (χ1) is 12.1. The summed E-state index contributed by atoms with van der Waals surface area (Å²) in [7, 11) is 1.62. The lowest BCUT2D eigenvalue weighted by atomic mass is 10.1. The second-order valence-corrected chi connectivity index (χ2v) is 5.81.